The van der Waals surface area contributed by atoms with Gasteiger partial charge in [0.15, 0.2) is 0 Å². The van der Waals surface area contributed by atoms with Gasteiger partial charge in [0.05, 0.1) is 5.60 Å². The summed E-state index contributed by atoms with van der Waals surface area (Å²) in [7, 11) is 1.39. The predicted molar refractivity (Wildman–Crippen MR) is 64.4 cm³/mol. The Balaban J connectivity index is 3.08. The SMILES string of the molecule is Cc1ccc(F)c(C(=O)N(C)CC(C)(C)O)c1F. The Hall–Kier alpha value is -1.49. The summed E-state index contributed by atoms with van der Waals surface area (Å²) in [4.78, 5) is 13.0. The van der Waals surface area contributed by atoms with Gasteiger partial charge in [-0.05, 0) is 32.4 Å². The van der Waals surface area contributed by atoms with Crippen LogP contribution in [0.2, 0.25) is 0 Å². The smallest absolute Gasteiger partial charge is 0.259 e. The Morgan fingerprint density at radius 3 is 2.44 bits per heavy atom. The maximum Gasteiger partial charge on any atom is 0.259 e. The monoisotopic (exact) mass is 257 g/mol. The molecule has 0 radical (unpaired) electrons. The normalized spacial score (nSPS) is 11.5. The average molecular weight is 257 g/mol. The van der Waals surface area contributed by atoms with Gasteiger partial charge in [0.1, 0.15) is 17.2 Å². The molecule has 0 heterocycles. The number of halogens is 2. The minimum absolute atomic E-state index is 0.0152. The van der Waals surface area contributed by atoms with Crippen molar-refractivity contribution in [2.45, 2.75) is 26.4 Å². The summed E-state index contributed by atoms with van der Waals surface area (Å²) in [6.07, 6.45) is 0. The number of likely N-dealkylation sites (N-methyl/N-ethyl adjacent to an activating group) is 1. The largest absolute Gasteiger partial charge is 0.389 e. The number of carbonyl (C=O) groups is 1. The molecule has 1 N–H and O–H groups in total. The Morgan fingerprint density at radius 2 is 1.94 bits per heavy atom. The summed E-state index contributed by atoms with van der Waals surface area (Å²) >= 11 is 0. The summed E-state index contributed by atoms with van der Waals surface area (Å²) < 4.78 is 27.3. The molecular weight excluding hydrogens is 240 g/mol. The molecule has 0 fully saturated rings. The Bertz CT molecular complexity index is 467. The van der Waals surface area contributed by atoms with Crippen LogP contribution >= 0.6 is 0 Å². The topological polar surface area (TPSA) is 40.5 Å². The predicted octanol–water partition coefficient (Wildman–Crippen LogP) is 2.12. The van der Waals surface area contributed by atoms with E-state index in [-0.39, 0.29) is 12.1 Å². The first-order chi connectivity index (χ1) is 8.13. The van der Waals surface area contributed by atoms with Crippen LogP contribution in [0.25, 0.3) is 0 Å². The van der Waals surface area contributed by atoms with Crippen molar-refractivity contribution in [1.29, 1.82) is 0 Å². The van der Waals surface area contributed by atoms with Crippen LogP contribution < -0.4 is 0 Å². The number of rotatable bonds is 3. The maximum atomic E-state index is 13.8. The molecule has 0 aliphatic carbocycles. The lowest BCUT2D eigenvalue weighted by atomic mass is 10.1. The second-order valence-corrected chi connectivity index (χ2v) is 5.03. The van der Waals surface area contributed by atoms with E-state index in [9.17, 15) is 18.7 Å². The van der Waals surface area contributed by atoms with Gasteiger partial charge in [-0.15, -0.1) is 0 Å². The zero-order valence-electron chi connectivity index (χ0n) is 10.9. The van der Waals surface area contributed by atoms with Crippen molar-refractivity contribution >= 4 is 5.91 Å². The Kier molecular flexibility index (Phi) is 4.06. The fraction of sp³-hybridized carbons (Fsp3) is 0.462. The molecule has 0 saturated carbocycles. The van der Waals surface area contributed by atoms with E-state index in [1.165, 1.54) is 33.9 Å². The van der Waals surface area contributed by atoms with Gasteiger partial charge < -0.3 is 10.0 Å². The first kappa shape index (κ1) is 14.6. The first-order valence-corrected chi connectivity index (χ1v) is 5.56. The third-order valence-electron chi connectivity index (χ3n) is 2.47. The van der Waals surface area contributed by atoms with Crippen LogP contribution in [-0.2, 0) is 0 Å². The van der Waals surface area contributed by atoms with E-state index >= 15 is 0 Å². The third-order valence-corrected chi connectivity index (χ3v) is 2.47. The maximum absolute atomic E-state index is 13.8. The highest BCUT2D eigenvalue weighted by molar-refractivity contribution is 5.94. The van der Waals surface area contributed by atoms with Crippen molar-refractivity contribution in [3.05, 3.63) is 34.9 Å². The van der Waals surface area contributed by atoms with Gasteiger partial charge >= 0.3 is 0 Å². The molecule has 5 heteroatoms. The van der Waals surface area contributed by atoms with E-state index in [1.54, 1.807) is 0 Å². The van der Waals surface area contributed by atoms with E-state index in [0.717, 1.165) is 11.0 Å². The lowest BCUT2D eigenvalue weighted by Gasteiger charge is -2.26. The third kappa shape index (κ3) is 3.26. The molecule has 0 bridgehead atoms. The van der Waals surface area contributed by atoms with Gasteiger partial charge in [-0.1, -0.05) is 6.07 Å². The highest BCUT2D eigenvalue weighted by atomic mass is 19.1. The van der Waals surface area contributed by atoms with Crippen LogP contribution in [0.3, 0.4) is 0 Å². The zero-order valence-corrected chi connectivity index (χ0v) is 10.9. The highest BCUT2D eigenvalue weighted by Crippen LogP contribution is 2.18. The van der Waals surface area contributed by atoms with Crippen LogP contribution in [0.5, 0.6) is 0 Å². The summed E-state index contributed by atoms with van der Waals surface area (Å²) in [5.74, 6) is -2.54. The molecule has 0 aliphatic rings. The number of benzene rings is 1. The van der Waals surface area contributed by atoms with Crippen molar-refractivity contribution in [3.8, 4) is 0 Å². The van der Waals surface area contributed by atoms with Crippen LogP contribution in [0.1, 0.15) is 29.8 Å². The fourth-order valence-electron chi connectivity index (χ4n) is 1.70. The lowest BCUT2D eigenvalue weighted by molar-refractivity contribution is 0.0362. The van der Waals surface area contributed by atoms with Crippen molar-refractivity contribution < 1.29 is 18.7 Å². The Labute approximate surface area is 105 Å². The molecule has 1 amide bonds. The number of carbonyl (C=O) groups excluding carboxylic acids is 1. The first-order valence-electron chi connectivity index (χ1n) is 5.56. The molecule has 0 aromatic heterocycles. The van der Waals surface area contributed by atoms with Crippen molar-refractivity contribution in [1.82, 2.24) is 4.90 Å². The number of hydrogen-bond donors (Lipinski definition) is 1. The molecule has 0 aliphatic heterocycles. The van der Waals surface area contributed by atoms with E-state index in [0.29, 0.717) is 0 Å². The van der Waals surface area contributed by atoms with E-state index in [2.05, 4.69) is 0 Å². The van der Waals surface area contributed by atoms with Gasteiger partial charge in [-0.2, -0.15) is 0 Å². The Morgan fingerprint density at radius 1 is 1.39 bits per heavy atom. The minimum Gasteiger partial charge on any atom is -0.389 e. The van der Waals surface area contributed by atoms with Crippen LogP contribution in [-0.4, -0.2) is 35.1 Å². The van der Waals surface area contributed by atoms with Gasteiger partial charge in [-0.25, -0.2) is 8.78 Å². The molecule has 3 nitrogen and oxygen atoms in total. The summed E-state index contributed by atoms with van der Waals surface area (Å²) in [6.45, 7) is 4.47. The molecule has 0 saturated heterocycles. The van der Waals surface area contributed by atoms with Gasteiger partial charge in [0.2, 0.25) is 0 Å². The number of aliphatic hydroxyl groups is 1. The van der Waals surface area contributed by atoms with E-state index < -0.39 is 28.7 Å². The minimum atomic E-state index is -1.12. The van der Waals surface area contributed by atoms with E-state index in [1.807, 2.05) is 0 Å². The number of amides is 1. The molecule has 18 heavy (non-hydrogen) atoms. The van der Waals surface area contributed by atoms with Crippen LogP contribution in [0.4, 0.5) is 8.78 Å². The number of aryl methyl sites for hydroxylation is 1. The number of nitrogens with zero attached hydrogens (tertiary/aromatic N) is 1. The van der Waals surface area contributed by atoms with Crippen LogP contribution in [0, 0.1) is 18.6 Å². The number of hydrogen-bond acceptors (Lipinski definition) is 2. The van der Waals surface area contributed by atoms with E-state index in [4.69, 9.17) is 0 Å². The molecule has 1 rings (SSSR count). The molecule has 1 aromatic rings. The van der Waals surface area contributed by atoms with Crippen molar-refractivity contribution in [3.63, 3.8) is 0 Å². The second-order valence-electron chi connectivity index (χ2n) is 5.03. The van der Waals surface area contributed by atoms with Gasteiger partial charge in [0.25, 0.3) is 5.91 Å². The molecule has 1 aromatic carbocycles. The second kappa shape index (κ2) is 5.02. The zero-order chi connectivity index (χ0) is 14.1. The molecule has 0 atom stereocenters. The molecular formula is C13H17F2NO2. The quantitative estimate of drug-likeness (QED) is 0.901. The van der Waals surface area contributed by atoms with Crippen LogP contribution in [0.15, 0.2) is 12.1 Å². The molecule has 0 unspecified atom stereocenters. The van der Waals surface area contributed by atoms with Gasteiger partial charge in [0, 0.05) is 13.6 Å². The summed E-state index contributed by atoms with van der Waals surface area (Å²) in [5, 5.41) is 9.60. The van der Waals surface area contributed by atoms with Crippen molar-refractivity contribution in [2.24, 2.45) is 0 Å². The standard InChI is InChI=1S/C13H17F2NO2/c1-8-5-6-9(14)10(11(8)15)12(17)16(4)7-13(2,3)18/h5-6,18H,7H2,1-4H3. The highest BCUT2D eigenvalue weighted by Gasteiger charge is 2.25. The fourth-order valence-corrected chi connectivity index (χ4v) is 1.70. The van der Waals surface area contributed by atoms with Gasteiger partial charge in [-0.3, -0.25) is 4.79 Å². The molecule has 0 spiro atoms. The van der Waals surface area contributed by atoms with Crippen molar-refractivity contribution in [2.75, 3.05) is 13.6 Å². The lowest BCUT2D eigenvalue weighted by Crippen LogP contribution is -2.40. The summed E-state index contributed by atoms with van der Waals surface area (Å²) in [5.41, 5.74) is -1.50. The summed E-state index contributed by atoms with van der Waals surface area (Å²) in [6, 6.07) is 2.33. The molecule has 100 valence electrons. The average Bonchev–Trinajstić information content (AvgIpc) is 2.21.